The number of hydrogen-bond acceptors (Lipinski definition) is 2. The lowest BCUT2D eigenvalue weighted by Gasteiger charge is -2.34. The van der Waals surface area contributed by atoms with E-state index in [0.29, 0.717) is 12.1 Å². The fourth-order valence-electron chi connectivity index (χ4n) is 5.13. The maximum atomic E-state index is 14.5. The van der Waals surface area contributed by atoms with Crippen LogP contribution in [0.5, 0.6) is 0 Å². The first-order valence-electron chi connectivity index (χ1n) is 12.1. The van der Waals surface area contributed by atoms with E-state index >= 15 is 0 Å². The highest BCUT2D eigenvalue weighted by Crippen LogP contribution is 2.33. The minimum atomic E-state index is -0.505. The molecule has 1 unspecified atom stereocenters. The van der Waals surface area contributed by atoms with Gasteiger partial charge in [-0.1, -0.05) is 72.8 Å². The van der Waals surface area contributed by atoms with Gasteiger partial charge >= 0.3 is 0 Å². The average molecular weight is 455 g/mol. The van der Waals surface area contributed by atoms with Gasteiger partial charge in [0.2, 0.25) is 0 Å². The number of likely N-dealkylation sites (tertiary alicyclic amines) is 1. The molecule has 1 fully saturated rings. The van der Waals surface area contributed by atoms with E-state index in [0.717, 1.165) is 49.3 Å². The molecule has 174 valence electrons. The molecule has 1 atom stereocenters. The standard InChI is InChI=1S/C30H31FN2O/c31-28-14-7-6-13-27(28)26-12-5-4-11-25(26)22-33-18-8-15-29(33)30(34)24-16-19-32(20-17-24)21-23-9-2-1-3-10-23/h1-15,18,24,30,34H,16-17,19-22H2. The maximum absolute atomic E-state index is 14.5. The first kappa shape index (κ1) is 22.6. The van der Waals surface area contributed by atoms with E-state index in [2.05, 4.69) is 39.8 Å². The molecule has 0 radical (unpaired) electrons. The van der Waals surface area contributed by atoms with Crippen molar-refractivity contribution in [2.24, 2.45) is 5.92 Å². The van der Waals surface area contributed by atoms with Crippen LogP contribution in [0.4, 0.5) is 4.39 Å². The highest BCUT2D eigenvalue weighted by atomic mass is 19.1. The number of aliphatic hydroxyl groups is 1. The fourth-order valence-corrected chi connectivity index (χ4v) is 5.13. The number of halogens is 1. The molecule has 1 N–H and O–H groups in total. The lowest BCUT2D eigenvalue weighted by Crippen LogP contribution is -2.35. The van der Waals surface area contributed by atoms with E-state index in [4.69, 9.17) is 0 Å². The first-order valence-corrected chi connectivity index (χ1v) is 12.1. The number of benzene rings is 3. The average Bonchev–Trinajstić information content (AvgIpc) is 3.34. The summed E-state index contributed by atoms with van der Waals surface area (Å²) in [6, 6.07) is 29.4. The summed E-state index contributed by atoms with van der Waals surface area (Å²) in [5, 5.41) is 11.3. The molecule has 1 aromatic heterocycles. The summed E-state index contributed by atoms with van der Waals surface area (Å²) in [6.07, 6.45) is 3.46. The number of rotatable bonds is 7. The third-order valence-electron chi connectivity index (χ3n) is 7.02. The summed E-state index contributed by atoms with van der Waals surface area (Å²) in [6.45, 7) is 3.55. The highest BCUT2D eigenvalue weighted by molar-refractivity contribution is 5.68. The fraction of sp³-hybridized carbons (Fsp3) is 0.267. The molecular weight excluding hydrogens is 423 g/mol. The molecule has 2 heterocycles. The topological polar surface area (TPSA) is 28.4 Å². The summed E-state index contributed by atoms with van der Waals surface area (Å²) >= 11 is 0. The van der Waals surface area contributed by atoms with Gasteiger partial charge in [0.15, 0.2) is 0 Å². The minimum Gasteiger partial charge on any atom is -0.387 e. The van der Waals surface area contributed by atoms with Gasteiger partial charge in [0.05, 0.1) is 6.10 Å². The quantitative estimate of drug-likeness (QED) is 0.356. The Bertz CT molecular complexity index is 1210. The number of hydrogen-bond donors (Lipinski definition) is 1. The van der Waals surface area contributed by atoms with Crippen LogP contribution in [0.25, 0.3) is 11.1 Å². The monoisotopic (exact) mass is 454 g/mol. The van der Waals surface area contributed by atoms with Crippen LogP contribution in [0.3, 0.4) is 0 Å². The molecule has 3 nitrogen and oxygen atoms in total. The summed E-state index contributed by atoms with van der Waals surface area (Å²) in [5.74, 6) is 0.0208. The van der Waals surface area contributed by atoms with Gasteiger partial charge in [0.1, 0.15) is 5.82 Å². The van der Waals surface area contributed by atoms with Crippen LogP contribution in [0.15, 0.2) is 97.2 Å². The molecule has 4 heteroatoms. The van der Waals surface area contributed by atoms with Gasteiger partial charge in [-0.15, -0.1) is 0 Å². The van der Waals surface area contributed by atoms with Gasteiger partial charge in [-0.3, -0.25) is 4.90 Å². The molecule has 0 saturated carbocycles. The van der Waals surface area contributed by atoms with Gasteiger partial charge in [-0.25, -0.2) is 4.39 Å². The molecule has 0 spiro atoms. The zero-order valence-corrected chi connectivity index (χ0v) is 19.4. The molecule has 1 aliphatic rings. The Morgan fingerprint density at radius 1 is 0.765 bits per heavy atom. The van der Waals surface area contributed by atoms with Crippen molar-refractivity contribution >= 4 is 0 Å². The van der Waals surface area contributed by atoms with Crippen molar-refractivity contribution in [2.75, 3.05) is 13.1 Å². The van der Waals surface area contributed by atoms with Gasteiger partial charge in [0, 0.05) is 30.5 Å². The van der Waals surface area contributed by atoms with E-state index in [-0.39, 0.29) is 11.7 Å². The molecule has 0 bridgehead atoms. The molecule has 34 heavy (non-hydrogen) atoms. The van der Waals surface area contributed by atoms with Crippen LogP contribution in [0.2, 0.25) is 0 Å². The summed E-state index contributed by atoms with van der Waals surface area (Å²) in [4.78, 5) is 2.47. The summed E-state index contributed by atoms with van der Waals surface area (Å²) in [7, 11) is 0. The SMILES string of the molecule is OC(c1cccn1Cc1ccccc1-c1ccccc1F)C1CCN(Cc2ccccc2)CC1. The largest absolute Gasteiger partial charge is 0.387 e. The second-order valence-corrected chi connectivity index (χ2v) is 9.24. The second-order valence-electron chi connectivity index (χ2n) is 9.24. The highest BCUT2D eigenvalue weighted by Gasteiger charge is 2.28. The normalized spacial score (nSPS) is 15.9. The number of piperidine rings is 1. The predicted octanol–water partition coefficient (Wildman–Crippen LogP) is 6.29. The number of aromatic nitrogens is 1. The van der Waals surface area contributed by atoms with Gasteiger partial charge in [-0.05, 0) is 66.7 Å². The smallest absolute Gasteiger partial charge is 0.131 e. The Balaban J connectivity index is 1.28. The summed E-state index contributed by atoms with van der Waals surface area (Å²) in [5.41, 5.74) is 4.81. The van der Waals surface area contributed by atoms with Gasteiger partial charge in [-0.2, -0.15) is 0 Å². The van der Waals surface area contributed by atoms with Crippen LogP contribution in [-0.4, -0.2) is 27.7 Å². The van der Waals surface area contributed by atoms with Gasteiger partial charge < -0.3 is 9.67 Å². The van der Waals surface area contributed by atoms with Crippen molar-refractivity contribution in [1.82, 2.24) is 9.47 Å². The van der Waals surface area contributed by atoms with Crippen molar-refractivity contribution < 1.29 is 9.50 Å². The van der Waals surface area contributed by atoms with Crippen molar-refractivity contribution in [3.8, 4) is 11.1 Å². The first-order chi connectivity index (χ1) is 16.7. The minimum absolute atomic E-state index is 0.218. The Hall–Kier alpha value is -3.21. The Morgan fingerprint density at radius 3 is 2.21 bits per heavy atom. The van der Waals surface area contributed by atoms with Crippen LogP contribution in [0.1, 0.15) is 35.8 Å². The number of nitrogens with zero attached hydrogens (tertiary/aromatic N) is 2. The molecule has 3 aromatic carbocycles. The molecule has 0 aliphatic carbocycles. The van der Waals surface area contributed by atoms with E-state index in [1.165, 1.54) is 11.6 Å². The van der Waals surface area contributed by atoms with E-state index < -0.39 is 6.10 Å². The lowest BCUT2D eigenvalue weighted by molar-refractivity contribution is 0.0518. The van der Waals surface area contributed by atoms with Gasteiger partial charge in [0.25, 0.3) is 0 Å². The Labute approximate surface area is 201 Å². The Kier molecular flexibility index (Phi) is 6.89. The third kappa shape index (κ3) is 4.98. The van der Waals surface area contributed by atoms with E-state index in [1.807, 2.05) is 54.7 Å². The summed E-state index contributed by atoms with van der Waals surface area (Å²) < 4.78 is 16.6. The molecular formula is C30H31FN2O. The molecule has 1 saturated heterocycles. The molecule has 5 rings (SSSR count). The molecule has 0 amide bonds. The Morgan fingerprint density at radius 2 is 1.44 bits per heavy atom. The maximum Gasteiger partial charge on any atom is 0.131 e. The van der Waals surface area contributed by atoms with E-state index in [1.54, 1.807) is 6.07 Å². The van der Waals surface area contributed by atoms with Crippen molar-refractivity contribution in [3.63, 3.8) is 0 Å². The second kappa shape index (κ2) is 10.4. The van der Waals surface area contributed by atoms with Crippen molar-refractivity contribution in [3.05, 3.63) is 120 Å². The molecule has 4 aromatic rings. The zero-order chi connectivity index (χ0) is 23.3. The predicted molar refractivity (Wildman–Crippen MR) is 135 cm³/mol. The van der Waals surface area contributed by atoms with Crippen LogP contribution < -0.4 is 0 Å². The third-order valence-corrected chi connectivity index (χ3v) is 7.02. The number of aliphatic hydroxyl groups excluding tert-OH is 1. The zero-order valence-electron chi connectivity index (χ0n) is 19.4. The molecule has 1 aliphatic heterocycles. The van der Waals surface area contributed by atoms with Crippen LogP contribution in [-0.2, 0) is 13.1 Å². The van der Waals surface area contributed by atoms with Crippen LogP contribution >= 0.6 is 0 Å². The van der Waals surface area contributed by atoms with Crippen molar-refractivity contribution in [2.45, 2.75) is 32.0 Å². The van der Waals surface area contributed by atoms with Crippen LogP contribution in [0, 0.1) is 11.7 Å². The van der Waals surface area contributed by atoms with E-state index in [9.17, 15) is 9.50 Å². The van der Waals surface area contributed by atoms with Crippen molar-refractivity contribution in [1.29, 1.82) is 0 Å². The lowest BCUT2D eigenvalue weighted by atomic mass is 9.89.